The minimum atomic E-state index is -0.105. The minimum Gasteiger partial charge on any atom is -0.399 e. The number of piperidine rings is 1. The smallest absolute Gasteiger partial charge is 0.255 e. The van der Waals surface area contributed by atoms with E-state index in [4.69, 9.17) is 5.73 Å². The number of carbonyl (C=O) groups excluding carboxylic acids is 1. The van der Waals surface area contributed by atoms with Crippen molar-refractivity contribution in [1.82, 2.24) is 0 Å². The molecule has 4 heteroatoms. The summed E-state index contributed by atoms with van der Waals surface area (Å²) in [6.07, 6.45) is 3.62. The Morgan fingerprint density at radius 1 is 1.17 bits per heavy atom. The first-order chi connectivity index (χ1) is 11.5. The highest BCUT2D eigenvalue weighted by molar-refractivity contribution is 6.06. The molecule has 1 unspecified atom stereocenters. The molecule has 24 heavy (non-hydrogen) atoms. The molecule has 1 amide bonds. The van der Waals surface area contributed by atoms with Crippen LogP contribution in [0, 0.1) is 6.92 Å². The van der Waals surface area contributed by atoms with Crippen molar-refractivity contribution in [3.05, 3.63) is 53.6 Å². The normalized spacial score (nSPS) is 17.6. The van der Waals surface area contributed by atoms with Gasteiger partial charge < -0.3 is 16.0 Å². The molecule has 0 aromatic heterocycles. The zero-order valence-electron chi connectivity index (χ0n) is 14.4. The van der Waals surface area contributed by atoms with Crippen molar-refractivity contribution >= 4 is 23.0 Å². The van der Waals surface area contributed by atoms with Crippen LogP contribution in [0.3, 0.4) is 0 Å². The van der Waals surface area contributed by atoms with Crippen molar-refractivity contribution in [3.8, 4) is 0 Å². The van der Waals surface area contributed by atoms with E-state index >= 15 is 0 Å². The fourth-order valence-electron chi connectivity index (χ4n) is 3.26. The van der Waals surface area contributed by atoms with Crippen molar-refractivity contribution in [2.24, 2.45) is 0 Å². The van der Waals surface area contributed by atoms with Gasteiger partial charge in [0.05, 0.1) is 11.4 Å². The molecule has 1 fully saturated rings. The van der Waals surface area contributed by atoms with Crippen LogP contribution in [0.15, 0.2) is 42.5 Å². The molecular weight excluding hydrogens is 298 g/mol. The zero-order chi connectivity index (χ0) is 17.1. The van der Waals surface area contributed by atoms with Gasteiger partial charge in [-0.3, -0.25) is 4.79 Å². The molecule has 1 saturated heterocycles. The van der Waals surface area contributed by atoms with Gasteiger partial charge in [-0.25, -0.2) is 0 Å². The number of carbonyl (C=O) groups is 1. The second-order valence-corrected chi connectivity index (χ2v) is 6.63. The third-order valence-corrected chi connectivity index (χ3v) is 4.69. The largest absolute Gasteiger partial charge is 0.399 e. The van der Waals surface area contributed by atoms with Gasteiger partial charge in [0, 0.05) is 23.8 Å². The molecule has 3 rings (SSSR count). The maximum absolute atomic E-state index is 12.6. The van der Waals surface area contributed by atoms with Crippen LogP contribution in [-0.4, -0.2) is 18.5 Å². The molecule has 0 radical (unpaired) electrons. The lowest BCUT2D eigenvalue weighted by Crippen LogP contribution is -2.38. The topological polar surface area (TPSA) is 58.4 Å². The molecule has 0 saturated carbocycles. The lowest BCUT2D eigenvalue weighted by Gasteiger charge is -2.36. The molecule has 4 nitrogen and oxygen atoms in total. The summed E-state index contributed by atoms with van der Waals surface area (Å²) in [6, 6.07) is 13.8. The first kappa shape index (κ1) is 16.4. The Kier molecular flexibility index (Phi) is 4.74. The van der Waals surface area contributed by atoms with E-state index in [-0.39, 0.29) is 5.91 Å². The summed E-state index contributed by atoms with van der Waals surface area (Å²) in [7, 11) is 0. The monoisotopic (exact) mass is 323 g/mol. The van der Waals surface area contributed by atoms with Crippen molar-refractivity contribution in [1.29, 1.82) is 0 Å². The Morgan fingerprint density at radius 2 is 1.92 bits per heavy atom. The van der Waals surface area contributed by atoms with Crippen LogP contribution in [-0.2, 0) is 0 Å². The number of amides is 1. The average molecular weight is 323 g/mol. The number of nitrogens with two attached hydrogens (primary N) is 1. The third kappa shape index (κ3) is 3.53. The highest BCUT2D eigenvalue weighted by Crippen LogP contribution is 2.33. The molecular formula is C20H25N3O. The van der Waals surface area contributed by atoms with Crippen LogP contribution in [0.1, 0.15) is 42.1 Å². The Hall–Kier alpha value is -2.49. The summed E-state index contributed by atoms with van der Waals surface area (Å²) in [5.41, 5.74) is 10.2. The number of rotatable bonds is 3. The molecule has 1 heterocycles. The van der Waals surface area contributed by atoms with E-state index in [9.17, 15) is 4.79 Å². The predicted octanol–water partition coefficient (Wildman–Crippen LogP) is 4.21. The number of aryl methyl sites for hydroxylation is 1. The van der Waals surface area contributed by atoms with Gasteiger partial charge in [0.1, 0.15) is 0 Å². The molecule has 0 spiro atoms. The Balaban J connectivity index is 1.87. The standard InChI is InChI=1S/C20H25N3O/c1-14-6-8-16(9-7-14)20(24)22-18-13-17(21)10-11-19(18)23-12-4-3-5-15(23)2/h6-11,13,15H,3-5,12,21H2,1-2H3,(H,22,24). The average Bonchev–Trinajstić information content (AvgIpc) is 2.56. The van der Waals surface area contributed by atoms with Crippen molar-refractivity contribution in [2.45, 2.75) is 39.2 Å². The molecule has 1 aliphatic rings. The SMILES string of the molecule is Cc1ccc(C(=O)Nc2cc(N)ccc2N2CCCCC2C)cc1. The fraction of sp³-hybridized carbons (Fsp3) is 0.350. The predicted molar refractivity (Wildman–Crippen MR) is 101 cm³/mol. The van der Waals surface area contributed by atoms with Gasteiger partial charge in [-0.1, -0.05) is 17.7 Å². The number of benzene rings is 2. The Bertz CT molecular complexity index is 724. The highest BCUT2D eigenvalue weighted by atomic mass is 16.1. The number of nitrogens with one attached hydrogen (secondary N) is 1. The molecule has 2 aromatic carbocycles. The number of nitrogen functional groups attached to an aromatic ring is 1. The fourth-order valence-corrected chi connectivity index (χ4v) is 3.26. The van der Waals surface area contributed by atoms with Crippen LogP contribution in [0.4, 0.5) is 17.1 Å². The van der Waals surface area contributed by atoms with Crippen molar-refractivity contribution in [2.75, 3.05) is 22.5 Å². The zero-order valence-corrected chi connectivity index (χ0v) is 14.4. The van der Waals surface area contributed by atoms with Gasteiger partial charge in [0.25, 0.3) is 5.91 Å². The van der Waals surface area contributed by atoms with Gasteiger partial charge in [-0.2, -0.15) is 0 Å². The number of hydrogen-bond donors (Lipinski definition) is 2. The summed E-state index contributed by atoms with van der Waals surface area (Å²) in [5, 5.41) is 3.04. The van der Waals surface area contributed by atoms with Gasteiger partial charge in [-0.05, 0) is 63.4 Å². The second kappa shape index (κ2) is 6.95. The molecule has 3 N–H and O–H groups in total. The van der Waals surface area contributed by atoms with E-state index in [2.05, 4.69) is 17.1 Å². The van der Waals surface area contributed by atoms with E-state index in [1.165, 1.54) is 19.3 Å². The Labute approximate surface area is 143 Å². The first-order valence-corrected chi connectivity index (χ1v) is 8.59. The van der Waals surface area contributed by atoms with Crippen LogP contribution in [0.5, 0.6) is 0 Å². The van der Waals surface area contributed by atoms with E-state index < -0.39 is 0 Å². The number of nitrogens with zero attached hydrogens (tertiary/aromatic N) is 1. The van der Waals surface area contributed by atoms with E-state index in [0.29, 0.717) is 17.3 Å². The summed E-state index contributed by atoms with van der Waals surface area (Å²) >= 11 is 0. The maximum atomic E-state index is 12.6. The van der Waals surface area contributed by atoms with E-state index in [1.54, 1.807) is 0 Å². The lowest BCUT2D eigenvalue weighted by molar-refractivity contribution is 0.102. The van der Waals surface area contributed by atoms with Crippen LogP contribution < -0.4 is 16.0 Å². The minimum absolute atomic E-state index is 0.105. The summed E-state index contributed by atoms with van der Waals surface area (Å²) in [4.78, 5) is 15.0. The van der Waals surface area contributed by atoms with Crippen LogP contribution in [0.2, 0.25) is 0 Å². The van der Waals surface area contributed by atoms with E-state index in [1.807, 2.05) is 49.4 Å². The third-order valence-electron chi connectivity index (χ3n) is 4.69. The first-order valence-electron chi connectivity index (χ1n) is 8.59. The highest BCUT2D eigenvalue weighted by Gasteiger charge is 2.22. The summed E-state index contributed by atoms with van der Waals surface area (Å²) in [5.74, 6) is -0.105. The molecule has 1 atom stereocenters. The molecule has 2 aromatic rings. The van der Waals surface area contributed by atoms with Gasteiger partial charge in [0.15, 0.2) is 0 Å². The molecule has 1 aliphatic heterocycles. The van der Waals surface area contributed by atoms with E-state index in [0.717, 1.165) is 23.5 Å². The van der Waals surface area contributed by atoms with Gasteiger partial charge in [-0.15, -0.1) is 0 Å². The summed E-state index contributed by atoms with van der Waals surface area (Å²) < 4.78 is 0. The molecule has 0 aliphatic carbocycles. The number of hydrogen-bond acceptors (Lipinski definition) is 3. The van der Waals surface area contributed by atoms with Gasteiger partial charge in [0.2, 0.25) is 0 Å². The quantitative estimate of drug-likeness (QED) is 0.832. The maximum Gasteiger partial charge on any atom is 0.255 e. The molecule has 0 bridgehead atoms. The summed E-state index contributed by atoms with van der Waals surface area (Å²) in [6.45, 7) is 5.26. The van der Waals surface area contributed by atoms with Crippen molar-refractivity contribution in [3.63, 3.8) is 0 Å². The van der Waals surface area contributed by atoms with Crippen LogP contribution in [0.25, 0.3) is 0 Å². The van der Waals surface area contributed by atoms with Crippen LogP contribution >= 0.6 is 0 Å². The van der Waals surface area contributed by atoms with Gasteiger partial charge >= 0.3 is 0 Å². The number of anilines is 3. The lowest BCUT2D eigenvalue weighted by atomic mass is 10.0. The molecule has 126 valence electrons. The second-order valence-electron chi connectivity index (χ2n) is 6.63. The Morgan fingerprint density at radius 3 is 2.62 bits per heavy atom. The van der Waals surface area contributed by atoms with Crippen molar-refractivity contribution < 1.29 is 4.79 Å².